The van der Waals surface area contributed by atoms with E-state index in [1.807, 2.05) is 0 Å². The van der Waals surface area contributed by atoms with Gasteiger partial charge in [0.15, 0.2) is 0 Å². The van der Waals surface area contributed by atoms with Crippen molar-refractivity contribution < 1.29 is 4.79 Å². The fourth-order valence-corrected chi connectivity index (χ4v) is 1.94. The Morgan fingerprint density at radius 2 is 1.88 bits per heavy atom. The molecule has 0 rings (SSSR count). The van der Waals surface area contributed by atoms with E-state index in [9.17, 15) is 4.79 Å². The monoisotopic (exact) mass is 227 g/mol. The molecule has 0 aliphatic rings. The maximum atomic E-state index is 11.5. The molecule has 96 valence electrons. The SMILES string of the molecule is CCCCCC(=O)NC[C@H](CC)CC(C)C. The highest BCUT2D eigenvalue weighted by molar-refractivity contribution is 5.75. The van der Waals surface area contributed by atoms with Crippen LogP contribution in [-0.4, -0.2) is 12.5 Å². The van der Waals surface area contributed by atoms with Gasteiger partial charge < -0.3 is 5.32 Å². The van der Waals surface area contributed by atoms with Gasteiger partial charge >= 0.3 is 0 Å². The zero-order chi connectivity index (χ0) is 12.4. The summed E-state index contributed by atoms with van der Waals surface area (Å²) < 4.78 is 0. The summed E-state index contributed by atoms with van der Waals surface area (Å²) in [5, 5.41) is 3.06. The van der Waals surface area contributed by atoms with Gasteiger partial charge in [-0.25, -0.2) is 0 Å². The molecule has 16 heavy (non-hydrogen) atoms. The maximum absolute atomic E-state index is 11.5. The molecule has 0 aromatic carbocycles. The van der Waals surface area contributed by atoms with Crippen LogP contribution >= 0.6 is 0 Å². The highest BCUT2D eigenvalue weighted by Gasteiger charge is 2.10. The lowest BCUT2D eigenvalue weighted by molar-refractivity contribution is -0.121. The van der Waals surface area contributed by atoms with E-state index in [1.165, 1.54) is 12.8 Å². The van der Waals surface area contributed by atoms with E-state index in [0.717, 1.165) is 31.7 Å². The standard InChI is InChI=1S/C14H29NO/c1-5-7-8-9-14(16)15-11-13(6-2)10-12(3)4/h12-13H,5-11H2,1-4H3,(H,15,16)/t13-/m1/s1. The number of amides is 1. The van der Waals surface area contributed by atoms with Crippen LogP contribution in [0, 0.1) is 11.8 Å². The van der Waals surface area contributed by atoms with Crippen molar-refractivity contribution in [3.8, 4) is 0 Å². The Kier molecular flexibility index (Phi) is 9.36. The minimum Gasteiger partial charge on any atom is -0.356 e. The van der Waals surface area contributed by atoms with E-state index in [1.54, 1.807) is 0 Å². The lowest BCUT2D eigenvalue weighted by atomic mass is 9.95. The normalized spacial score (nSPS) is 12.8. The molecular formula is C14H29NO. The van der Waals surface area contributed by atoms with Crippen molar-refractivity contribution in [2.24, 2.45) is 11.8 Å². The Hall–Kier alpha value is -0.530. The largest absolute Gasteiger partial charge is 0.356 e. The van der Waals surface area contributed by atoms with E-state index in [0.29, 0.717) is 12.3 Å². The molecule has 0 spiro atoms. The van der Waals surface area contributed by atoms with Gasteiger partial charge in [0.2, 0.25) is 5.91 Å². The summed E-state index contributed by atoms with van der Waals surface area (Å²) in [5.74, 6) is 1.60. The van der Waals surface area contributed by atoms with Crippen LogP contribution in [0.25, 0.3) is 0 Å². The van der Waals surface area contributed by atoms with Gasteiger partial charge in [0, 0.05) is 13.0 Å². The van der Waals surface area contributed by atoms with Crippen molar-refractivity contribution in [2.75, 3.05) is 6.54 Å². The first-order chi connectivity index (χ1) is 7.60. The Labute approximate surface area is 101 Å². The lowest BCUT2D eigenvalue weighted by Gasteiger charge is -2.17. The van der Waals surface area contributed by atoms with Crippen LogP contribution in [-0.2, 0) is 4.79 Å². The summed E-state index contributed by atoms with van der Waals surface area (Å²) in [7, 11) is 0. The summed E-state index contributed by atoms with van der Waals surface area (Å²) in [5.41, 5.74) is 0. The predicted molar refractivity (Wildman–Crippen MR) is 70.4 cm³/mol. The van der Waals surface area contributed by atoms with Crippen molar-refractivity contribution in [1.82, 2.24) is 5.32 Å². The van der Waals surface area contributed by atoms with Gasteiger partial charge in [-0.15, -0.1) is 0 Å². The zero-order valence-corrected chi connectivity index (χ0v) is 11.5. The first-order valence-corrected chi connectivity index (χ1v) is 6.86. The first-order valence-electron chi connectivity index (χ1n) is 6.86. The predicted octanol–water partition coefficient (Wildman–Crippen LogP) is 3.76. The van der Waals surface area contributed by atoms with Gasteiger partial charge in [0.25, 0.3) is 0 Å². The molecule has 1 atom stereocenters. The van der Waals surface area contributed by atoms with Crippen LogP contribution in [0.1, 0.15) is 66.2 Å². The lowest BCUT2D eigenvalue weighted by Crippen LogP contribution is -2.29. The molecule has 0 heterocycles. The average molecular weight is 227 g/mol. The summed E-state index contributed by atoms with van der Waals surface area (Å²) in [6.45, 7) is 9.71. The molecule has 0 unspecified atom stereocenters. The molecule has 0 saturated carbocycles. The van der Waals surface area contributed by atoms with Crippen molar-refractivity contribution >= 4 is 5.91 Å². The van der Waals surface area contributed by atoms with Gasteiger partial charge in [-0.05, 0) is 24.7 Å². The number of hydrogen-bond acceptors (Lipinski definition) is 1. The molecule has 0 fully saturated rings. The van der Waals surface area contributed by atoms with Gasteiger partial charge in [-0.1, -0.05) is 47.0 Å². The molecule has 0 radical (unpaired) electrons. The van der Waals surface area contributed by atoms with Crippen LogP contribution in [0.4, 0.5) is 0 Å². The molecular weight excluding hydrogens is 198 g/mol. The number of rotatable bonds is 9. The molecule has 2 nitrogen and oxygen atoms in total. The van der Waals surface area contributed by atoms with E-state index in [-0.39, 0.29) is 5.91 Å². The van der Waals surface area contributed by atoms with Crippen molar-refractivity contribution in [3.05, 3.63) is 0 Å². The summed E-state index contributed by atoms with van der Waals surface area (Å²) in [6, 6.07) is 0. The highest BCUT2D eigenvalue weighted by atomic mass is 16.1. The van der Waals surface area contributed by atoms with E-state index < -0.39 is 0 Å². The van der Waals surface area contributed by atoms with Crippen LogP contribution in [0.3, 0.4) is 0 Å². The van der Waals surface area contributed by atoms with Crippen molar-refractivity contribution in [3.63, 3.8) is 0 Å². The average Bonchev–Trinajstić information content (AvgIpc) is 2.24. The maximum Gasteiger partial charge on any atom is 0.220 e. The van der Waals surface area contributed by atoms with Crippen LogP contribution in [0.2, 0.25) is 0 Å². The second-order valence-corrected chi connectivity index (χ2v) is 5.17. The van der Waals surface area contributed by atoms with E-state index >= 15 is 0 Å². The molecule has 1 amide bonds. The molecule has 0 bridgehead atoms. The summed E-state index contributed by atoms with van der Waals surface area (Å²) in [6.07, 6.45) is 6.45. The molecule has 0 aliphatic heterocycles. The van der Waals surface area contributed by atoms with E-state index in [2.05, 4.69) is 33.0 Å². The number of unbranched alkanes of at least 4 members (excludes halogenated alkanes) is 2. The smallest absolute Gasteiger partial charge is 0.220 e. The van der Waals surface area contributed by atoms with Crippen molar-refractivity contribution in [1.29, 1.82) is 0 Å². The number of carbonyl (C=O) groups excluding carboxylic acids is 1. The van der Waals surface area contributed by atoms with Crippen molar-refractivity contribution in [2.45, 2.75) is 66.2 Å². The van der Waals surface area contributed by atoms with Crippen LogP contribution < -0.4 is 5.32 Å². The van der Waals surface area contributed by atoms with Gasteiger partial charge in [0.05, 0.1) is 0 Å². The summed E-state index contributed by atoms with van der Waals surface area (Å²) >= 11 is 0. The third kappa shape index (κ3) is 8.75. The third-order valence-corrected chi connectivity index (χ3v) is 2.98. The van der Waals surface area contributed by atoms with E-state index in [4.69, 9.17) is 0 Å². The fraction of sp³-hybridized carbons (Fsp3) is 0.929. The quantitative estimate of drug-likeness (QED) is 0.597. The van der Waals surface area contributed by atoms with Gasteiger partial charge in [-0.3, -0.25) is 4.79 Å². The first kappa shape index (κ1) is 15.5. The molecule has 2 heteroatoms. The van der Waals surface area contributed by atoms with Crippen LogP contribution in [0.5, 0.6) is 0 Å². The third-order valence-electron chi connectivity index (χ3n) is 2.98. The fourth-order valence-electron chi connectivity index (χ4n) is 1.94. The minimum absolute atomic E-state index is 0.232. The Balaban J connectivity index is 3.62. The Morgan fingerprint density at radius 3 is 2.38 bits per heavy atom. The highest BCUT2D eigenvalue weighted by Crippen LogP contribution is 2.14. The summed E-state index contributed by atoms with van der Waals surface area (Å²) in [4.78, 5) is 11.5. The molecule has 0 saturated heterocycles. The topological polar surface area (TPSA) is 29.1 Å². The Morgan fingerprint density at radius 1 is 1.19 bits per heavy atom. The Bertz CT molecular complexity index is 178. The molecule has 0 aromatic heterocycles. The van der Waals surface area contributed by atoms with Gasteiger partial charge in [-0.2, -0.15) is 0 Å². The second-order valence-electron chi connectivity index (χ2n) is 5.17. The number of nitrogens with one attached hydrogen (secondary N) is 1. The molecule has 1 N–H and O–H groups in total. The number of carbonyl (C=O) groups is 1. The van der Waals surface area contributed by atoms with Crippen LogP contribution in [0.15, 0.2) is 0 Å². The molecule has 0 aliphatic carbocycles. The zero-order valence-electron chi connectivity index (χ0n) is 11.5. The molecule has 0 aromatic rings. The minimum atomic E-state index is 0.232. The van der Waals surface area contributed by atoms with Gasteiger partial charge in [0.1, 0.15) is 0 Å². The second kappa shape index (κ2) is 9.68. The number of hydrogen-bond donors (Lipinski definition) is 1.